The standard InChI is InChI=1S/C28H24N4OS2/c1-20-11-15-25(16-12-20)34-18-26-30-31-28(32(26)24-9-3-2-4-10-24)35-19-27(33)29-23-14-13-21-7-5-6-8-22(21)17-23/h2-17H,18-19H2,1H3,(H,29,33). The normalized spacial score (nSPS) is 11.0. The molecule has 35 heavy (non-hydrogen) atoms. The van der Waals surface area contributed by atoms with Crippen LogP contribution in [0, 0.1) is 6.92 Å². The molecule has 0 fully saturated rings. The number of carbonyl (C=O) groups is 1. The monoisotopic (exact) mass is 496 g/mol. The summed E-state index contributed by atoms with van der Waals surface area (Å²) >= 11 is 3.10. The van der Waals surface area contributed by atoms with Gasteiger partial charge >= 0.3 is 0 Å². The Morgan fingerprint density at radius 2 is 1.57 bits per heavy atom. The third-order valence-corrected chi connectivity index (χ3v) is 7.41. The average molecular weight is 497 g/mol. The first-order valence-corrected chi connectivity index (χ1v) is 13.2. The van der Waals surface area contributed by atoms with E-state index in [1.165, 1.54) is 22.2 Å². The van der Waals surface area contributed by atoms with E-state index in [4.69, 9.17) is 0 Å². The number of aryl methyl sites for hydroxylation is 1. The van der Waals surface area contributed by atoms with Gasteiger partial charge in [-0.1, -0.05) is 78.0 Å². The molecule has 0 spiro atoms. The molecular formula is C28H24N4OS2. The van der Waals surface area contributed by atoms with Crippen molar-refractivity contribution in [2.75, 3.05) is 11.1 Å². The molecule has 0 aliphatic heterocycles. The van der Waals surface area contributed by atoms with Crippen molar-refractivity contribution < 1.29 is 4.79 Å². The number of carbonyl (C=O) groups excluding carboxylic acids is 1. The van der Waals surface area contributed by atoms with Gasteiger partial charge in [-0.3, -0.25) is 9.36 Å². The smallest absolute Gasteiger partial charge is 0.234 e. The van der Waals surface area contributed by atoms with Crippen molar-refractivity contribution in [1.82, 2.24) is 14.8 Å². The highest BCUT2D eigenvalue weighted by Crippen LogP contribution is 2.28. The molecule has 0 unspecified atom stereocenters. The van der Waals surface area contributed by atoms with Crippen LogP contribution in [0.4, 0.5) is 5.69 Å². The molecule has 1 aromatic heterocycles. The number of thioether (sulfide) groups is 2. The van der Waals surface area contributed by atoms with E-state index in [0.717, 1.165) is 28.0 Å². The second-order valence-electron chi connectivity index (χ2n) is 8.07. The zero-order chi connectivity index (χ0) is 24.0. The van der Waals surface area contributed by atoms with Crippen molar-refractivity contribution in [3.63, 3.8) is 0 Å². The lowest BCUT2D eigenvalue weighted by Crippen LogP contribution is -2.14. The largest absolute Gasteiger partial charge is 0.325 e. The molecule has 0 aliphatic carbocycles. The second-order valence-corrected chi connectivity index (χ2v) is 10.1. The van der Waals surface area contributed by atoms with Crippen LogP contribution in [-0.4, -0.2) is 26.4 Å². The molecule has 1 N–H and O–H groups in total. The summed E-state index contributed by atoms with van der Waals surface area (Å²) in [6.07, 6.45) is 0. The molecule has 5 nitrogen and oxygen atoms in total. The van der Waals surface area contributed by atoms with E-state index in [0.29, 0.717) is 10.9 Å². The minimum Gasteiger partial charge on any atom is -0.325 e. The molecule has 0 radical (unpaired) electrons. The number of nitrogens with zero attached hydrogens (tertiary/aromatic N) is 3. The Morgan fingerprint density at radius 3 is 2.37 bits per heavy atom. The van der Waals surface area contributed by atoms with E-state index in [1.54, 1.807) is 11.8 Å². The Balaban J connectivity index is 1.30. The number of para-hydroxylation sites is 1. The van der Waals surface area contributed by atoms with Gasteiger partial charge in [0.2, 0.25) is 5.91 Å². The highest BCUT2D eigenvalue weighted by molar-refractivity contribution is 7.99. The van der Waals surface area contributed by atoms with E-state index in [2.05, 4.69) is 52.8 Å². The van der Waals surface area contributed by atoms with Crippen molar-refractivity contribution >= 4 is 45.9 Å². The Kier molecular flexibility index (Phi) is 7.16. The zero-order valence-corrected chi connectivity index (χ0v) is 20.9. The SMILES string of the molecule is Cc1ccc(SCc2nnc(SCC(=O)Nc3ccc4ccccc4c3)n2-c2ccccc2)cc1. The van der Waals surface area contributed by atoms with E-state index in [1.807, 2.05) is 71.3 Å². The number of amides is 1. The number of rotatable bonds is 8. The number of benzene rings is 4. The van der Waals surface area contributed by atoms with Crippen molar-refractivity contribution in [3.05, 3.63) is 108 Å². The summed E-state index contributed by atoms with van der Waals surface area (Å²) in [6.45, 7) is 2.08. The fourth-order valence-corrected chi connectivity index (χ4v) is 5.28. The Hall–Kier alpha value is -3.55. The van der Waals surface area contributed by atoms with Gasteiger partial charge in [-0.05, 0) is 54.1 Å². The van der Waals surface area contributed by atoms with Gasteiger partial charge in [-0.15, -0.1) is 22.0 Å². The highest BCUT2D eigenvalue weighted by atomic mass is 32.2. The summed E-state index contributed by atoms with van der Waals surface area (Å²) < 4.78 is 2.04. The van der Waals surface area contributed by atoms with Gasteiger partial charge < -0.3 is 5.32 Å². The zero-order valence-electron chi connectivity index (χ0n) is 19.2. The minimum absolute atomic E-state index is 0.0801. The van der Waals surface area contributed by atoms with Crippen LogP contribution in [0.25, 0.3) is 16.5 Å². The first-order chi connectivity index (χ1) is 17.2. The van der Waals surface area contributed by atoms with Crippen molar-refractivity contribution in [1.29, 1.82) is 0 Å². The number of hydrogen-bond acceptors (Lipinski definition) is 5. The first-order valence-electron chi connectivity index (χ1n) is 11.3. The lowest BCUT2D eigenvalue weighted by Gasteiger charge is -2.10. The summed E-state index contributed by atoms with van der Waals surface area (Å²) in [4.78, 5) is 13.9. The Labute approximate surface area is 213 Å². The number of anilines is 1. The van der Waals surface area contributed by atoms with E-state index < -0.39 is 0 Å². The molecule has 174 valence electrons. The predicted octanol–water partition coefficient (Wildman–Crippen LogP) is 6.75. The lowest BCUT2D eigenvalue weighted by atomic mass is 10.1. The predicted molar refractivity (Wildman–Crippen MR) is 145 cm³/mol. The fourth-order valence-electron chi connectivity index (χ4n) is 3.70. The molecule has 5 rings (SSSR count). The van der Waals surface area contributed by atoms with Crippen LogP contribution in [0.3, 0.4) is 0 Å². The van der Waals surface area contributed by atoms with Crippen molar-refractivity contribution in [2.45, 2.75) is 22.7 Å². The maximum atomic E-state index is 12.7. The number of aromatic nitrogens is 3. The number of fused-ring (bicyclic) bond motifs is 1. The van der Waals surface area contributed by atoms with Crippen LogP contribution in [0.15, 0.2) is 107 Å². The molecule has 4 aromatic carbocycles. The van der Waals surface area contributed by atoms with E-state index >= 15 is 0 Å². The second kappa shape index (κ2) is 10.8. The minimum atomic E-state index is -0.0801. The Bertz CT molecular complexity index is 1450. The van der Waals surface area contributed by atoms with Gasteiger partial charge in [0.1, 0.15) is 5.82 Å². The van der Waals surface area contributed by atoms with Gasteiger partial charge in [0.25, 0.3) is 0 Å². The van der Waals surface area contributed by atoms with Crippen LogP contribution in [0.2, 0.25) is 0 Å². The highest BCUT2D eigenvalue weighted by Gasteiger charge is 2.16. The third-order valence-electron chi connectivity index (χ3n) is 5.47. The maximum Gasteiger partial charge on any atom is 0.234 e. The number of hydrogen-bond donors (Lipinski definition) is 1. The number of nitrogens with one attached hydrogen (secondary N) is 1. The van der Waals surface area contributed by atoms with Crippen LogP contribution in [0.5, 0.6) is 0 Å². The van der Waals surface area contributed by atoms with Gasteiger partial charge in [0, 0.05) is 16.3 Å². The summed E-state index contributed by atoms with van der Waals surface area (Å²) in [5.41, 5.74) is 3.01. The van der Waals surface area contributed by atoms with Crippen LogP contribution in [0.1, 0.15) is 11.4 Å². The molecule has 1 heterocycles. The van der Waals surface area contributed by atoms with Gasteiger partial charge in [-0.25, -0.2) is 0 Å². The fraction of sp³-hybridized carbons (Fsp3) is 0.107. The molecule has 0 saturated heterocycles. The molecule has 1 amide bonds. The third kappa shape index (κ3) is 5.75. The maximum absolute atomic E-state index is 12.7. The van der Waals surface area contributed by atoms with Crippen molar-refractivity contribution in [3.8, 4) is 5.69 Å². The first kappa shape index (κ1) is 23.2. The molecule has 0 bridgehead atoms. The van der Waals surface area contributed by atoms with Crippen LogP contribution >= 0.6 is 23.5 Å². The quantitative estimate of drug-likeness (QED) is 0.241. The van der Waals surface area contributed by atoms with E-state index in [-0.39, 0.29) is 11.7 Å². The summed E-state index contributed by atoms with van der Waals surface area (Å²) in [7, 11) is 0. The topological polar surface area (TPSA) is 59.8 Å². The average Bonchev–Trinajstić information content (AvgIpc) is 3.30. The summed E-state index contributed by atoms with van der Waals surface area (Å²) in [5, 5.41) is 14.8. The molecule has 0 aliphatic rings. The Morgan fingerprint density at radius 1 is 0.829 bits per heavy atom. The molecule has 0 atom stereocenters. The van der Waals surface area contributed by atoms with Gasteiger partial charge in [-0.2, -0.15) is 0 Å². The molecule has 5 aromatic rings. The van der Waals surface area contributed by atoms with E-state index in [9.17, 15) is 4.79 Å². The lowest BCUT2D eigenvalue weighted by molar-refractivity contribution is -0.113. The molecule has 0 saturated carbocycles. The summed E-state index contributed by atoms with van der Waals surface area (Å²) in [5.74, 6) is 1.68. The summed E-state index contributed by atoms with van der Waals surface area (Å²) in [6, 6.07) is 32.5. The molecule has 7 heteroatoms. The van der Waals surface area contributed by atoms with Crippen molar-refractivity contribution in [2.24, 2.45) is 0 Å². The van der Waals surface area contributed by atoms with Gasteiger partial charge in [0.15, 0.2) is 5.16 Å². The van der Waals surface area contributed by atoms with Gasteiger partial charge in [0.05, 0.1) is 11.5 Å². The van der Waals surface area contributed by atoms with Crippen LogP contribution < -0.4 is 5.32 Å². The molecular weight excluding hydrogens is 472 g/mol. The van der Waals surface area contributed by atoms with Crippen LogP contribution in [-0.2, 0) is 10.5 Å².